The number of nitriles is 1. The van der Waals surface area contributed by atoms with Gasteiger partial charge in [-0.3, -0.25) is 9.71 Å². The molecule has 4 rings (SSSR count). The second-order valence-corrected chi connectivity index (χ2v) is 8.40. The molecule has 30 heavy (non-hydrogen) atoms. The molecule has 8 nitrogen and oxygen atoms in total. The molecule has 0 spiro atoms. The Morgan fingerprint density at radius 1 is 1.00 bits per heavy atom. The van der Waals surface area contributed by atoms with Gasteiger partial charge in [0.2, 0.25) is 5.13 Å². The molecule has 0 amide bonds. The summed E-state index contributed by atoms with van der Waals surface area (Å²) in [7, 11) is -3.92. The molecule has 0 aliphatic heterocycles. The normalized spacial score (nSPS) is 10.9. The Labute approximate surface area is 176 Å². The van der Waals surface area contributed by atoms with E-state index >= 15 is 0 Å². The lowest BCUT2D eigenvalue weighted by Gasteiger charge is -2.12. The van der Waals surface area contributed by atoms with E-state index in [4.69, 9.17) is 4.74 Å². The van der Waals surface area contributed by atoms with Crippen molar-refractivity contribution in [2.75, 3.05) is 4.72 Å². The zero-order valence-electron chi connectivity index (χ0n) is 15.3. The number of hydrogen-bond acceptors (Lipinski definition) is 8. The monoisotopic (exact) mass is 435 g/mol. The van der Waals surface area contributed by atoms with Crippen LogP contribution in [0.25, 0.3) is 11.3 Å². The van der Waals surface area contributed by atoms with Gasteiger partial charge in [0.15, 0.2) is 5.75 Å². The average molecular weight is 435 g/mol. The molecule has 4 aromatic rings. The lowest BCUT2D eigenvalue weighted by atomic mass is 10.1. The number of sulfonamides is 1. The highest BCUT2D eigenvalue weighted by molar-refractivity contribution is 7.93. The summed E-state index contributed by atoms with van der Waals surface area (Å²) in [6.07, 6.45) is 2.90. The Morgan fingerprint density at radius 3 is 2.57 bits per heavy atom. The third kappa shape index (κ3) is 4.12. The first-order valence-corrected chi connectivity index (χ1v) is 10.8. The molecular weight excluding hydrogens is 422 g/mol. The number of aromatic nitrogens is 3. The average Bonchev–Trinajstić information content (AvgIpc) is 3.27. The summed E-state index contributed by atoms with van der Waals surface area (Å²) >= 11 is 0.911. The van der Waals surface area contributed by atoms with Gasteiger partial charge in [-0.15, -0.1) is 0 Å². The van der Waals surface area contributed by atoms with Crippen molar-refractivity contribution >= 4 is 26.7 Å². The molecular formula is C20H13N5O3S2. The lowest BCUT2D eigenvalue weighted by Crippen LogP contribution is -2.13. The molecule has 0 atom stereocenters. The molecule has 0 saturated carbocycles. The fourth-order valence-corrected chi connectivity index (χ4v) is 4.34. The smallest absolute Gasteiger partial charge is 0.263 e. The first-order chi connectivity index (χ1) is 14.6. The van der Waals surface area contributed by atoms with Gasteiger partial charge >= 0.3 is 0 Å². The van der Waals surface area contributed by atoms with E-state index in [0.29, 0.717) is 11.4 Å². The summed E-state index contributed by atoms with van der Waals surface area (Å²) in [4.78, 5) is 8.09. The number of benzene rings is 2. The number of nitrogens with zero attached hydrogens (tertiary/aromatic N) is 4. The first-order valence-electron chi connectivity index (χ1n) is 8.59. The molecule has 1 N–H and O–H groups in total. The van der Waals surface area contributed by atoms with Crippen molar-refractivity contribution in [3.8, 4) is 28.8 Å². The SMILES string of the molecule is N#Cc1cc(S(=O)(=O)Nc2ncns2)ccc1Oc1cccnc1-c1ccccc1. The van der Waals surface area contributed by atoms with E-state index in [0.717, 1.165) is 17.1 Å². The van der Waals surface area contributed by atoms with E-state index in [9.17, 15) is 13.7 Å². The molecule has 0 radical (unpaired) electrons. The zero-order valence-corrected chi connectivity index (χ0v) is 16.9. The topological polar surface area (TPSA) is 118 Å². The van der Waals surface area contributed by atoms with Gasteiger partial charge in [0.05, 0.1) is 10.5 Å². The molecule has 148 valence electrons. The van der Waals surface area contributed by atoms with Gasteiger partial charge in [0.1, 0.15) is 23.8 Å². The third-order valence-electron chi connectivity index (χ3n) is 4.00. The molecule has 10 heteroatoms. The third-order valence-corrected chi connectivity index (χ3v) is 6.05. The summed E-state index contributed by atoms with van der Waals surface area (Å²) in [6.45, 7) is 0. The van der Waals surface area contributed by atoms with Crippen LogP contribution in [0, 0.1) is 11.3 Å². The van der Waals surface area contributed by atoms with Crippen molar-refractivity contribution in [1.29, 1.82) is 5.26 Å². The minimum Gasteiger partial charge on any atom is -0.454 e. The van der Waals surface area contributed by atoms with E-state index in [2.05, 4.69) is 19.1 Å². The molecule has 0 unspecified atom stereocenters. The van der Waals surface area contributed by atoms with Gasteiger partial charge in [0.25, 0.3) is 10.0 Å². The van der Waals surface area contributed by atoms with Crippen LogP contribution in [0.15, 0.2) is 78.1 Å². The fourth-order valence-electron chi connectivity index (χ4n) is 2.65. The fraction of sp³-hybridized carbons (Fsp3) is 0. The molecule has 2 aromatic heterocycles. The van der Waals surface area contributed by atoms with E-state index in [-0.39, 0.29) is 21.3 Å². The van der Waals surface area contributed by atoms with Crippen molar-refractivity contribution in [1.82, 2.24) is 14.3 Å². The van der Waals surface area contributed by atoms with Gasteiger partial charge in [-0.2, -0.15) is 9.64 Å². The molecule has 0 aliphatic carbocycles. The van der Waals surface area contributed by atoms with Crippen LogP contribution in [0.1, 0.15) is 5.56 Å². The van der Waals surface area contributed by atoms with Crippen LogP contribution in [0.2, 0.25) is 0 Å². The van der Waals surface area contributed by atoms with Gasteiger partial charge in [-0.25, -0.2) is 13.4 Å². The number of pyridine rings is 1. The molecule has 0 fully saturated rings. The molecule has 2 heterocycles. The first kappa shape index (κ1) is 19.5. The maximum absolute atomic E-state index is 12.5. The Kier molecular flexibility index (Phi) is 5.38. The summed E-state index contributed by atoms with van der Waals surface area (Å²) in [5.74, 6) is 0.667. The highest BCUT2D eigenvalue weighted by Crippen LogP contribution is 2.33. The second-order valence-electron chi connectivity index (χ2n) is 5.94. The van der Waals surface area contributed by atoms with E-state index in [1.807, 2.05) is 36.4 Å². The lowest BCUT2D eigenvalue weighted by molar-refractivity contribution is 0.480. The Hall–Kier alpha value is -3.81. The largest absolute Gasteiger partial charge is 0.454 e. The number of rotatable bonds is 6. The summed E-state index contributed by atoms with van der Waals surface area (Å²) in [6, 6.07) is 19.0. The molecule has 0 saturated heterocycles. The molecule has 0 bridgehead atoms. The highest BCUT2D eigenvalue weighted by Gasteiger charge is 2.19. The van der Waals surface area contributed by atoms with Gasteiger partial charge < -0.3 is 4.74 Å². The summed E-state index contributed by atoms with van der Waals surface area (Å²) in [5, 5.41) is 9.68. The van der Waals surface area contributed by atoms with Gasteiger partial charge in [-0.05, 0) is 30.3 Å². The number of anilines is 1. The van der Waals surface area contributed by atoms with Gasteiger partial charge in [0, 0.05) is 23.3 Å². The number of hydrogen-bond donors (Lipinski definition) is 1. The maximum atomic E-state index is 12.5. The minimum atomic E-state index is -3.92. The van der Waals surface area contributed by atoms with Crippen LogP contribution in [0.5, 0.6) is 11.5 Å². The zero-order chi connectivity index (χ0) is 21.0. The van der Waals surface area contributed by atoms with E-state index in [1.165, 1.54) is 24.5 Å². The van der Waals surface area contributed by atoms with Gasteiger partial charge in [-0.1, -0.05) is 30.3 Å². The standard InChI is InChI=1S/C20H13N5O3S2/c21-12-15-11-16(30(26,27)25-20-23-13-24-29-20)8-9-17(15)28-18-7-4-10-22-19(18)14-5-2-1-3-6-14/h1-11,13H,(H,23,24,25). The summed E-state index contributed by atoms with van der Waals surface area (Å²) < 4.78 is 37.1. The quantitative estimate of drug-likeness (QED) is 0.485. The van der Waals surface area contributed by atoms with Crippen LogP contribution in [0.4, 0.5) is 5.13 Å². The number of ether oxygens (including phenoxy) is 1. The minimum absolute atomic E-state index is 0.0676. The highest BCUT2D eigenvalue weighted by atomic mass is 32.2. The van der Waals surface area contributed by atoms with E-state index in [1.54, 1.807) is 18.3 Å². The Morgan fingerprint density at radius 2 is 1.83 bits per heavy atom. The van der Waals surface area contributed by atoms with Crippen molar-refractivity contribution in [2.45, 2.75) is 4.90 Å². The van der Waals surface area contributed by atoms with Crippen LogP contribution in [-0.2, 0) is 10.0 Å². The van der Waals surface area contributed by atoms with Crippen LogP contribution in [0.3, 0.4) is 0 Å². The Bertz CT molecular complexity index is 1320. The van der Waals surface area contributed by atoms with Crippen molar-refractivity contribution in [3.05, 3.63) is 78.8 Å². The summed E-state index contributed by atoms with van der Waals surface area (Å²) in [5.41, 5.74) is 1.53. The van der Waals surface area contributed by atoms with Crippen molar-refractivity contribution in [2.24, 2.45) is 0 Å². The molecule has 0 aliphatic rings. The van der Waals surface area contributed by atoms with Crippen LogP contribution < -0.4 is 9.46 Å². The van der Waals surface area contributed by atoms with Crippen molar-refractivity contribution < 1.29 is 13.2 Å². The maximum Gasteiger partial charge on any atom is 0.263 e. The van der Waals surface area contributed by atoms with E-state index < -0.39 is 10.0 Å². The van der Waals surface area contributed by atoms with Crippen LogP contribution in [-0.4, -0.2) is 22.8 Å². The van der Waals surface area contributed by atoms with Crippen LogP contribution >= 0.6 is 11.5 Å². The Balaban J connectivity index is 1.67. The predicted octanol–water partition coefficient (Wildman–Crippen LogP) is 4.06. The predicted molar refractivity (Wildman–Crippen MR) is 112 cm³/mol. The second kappa shape index (κ2) is 8.28. The molecule has 2 aromatic carbocycles. The van der Waals surface area contributed by atoms with Crippen molar-refractivity contribution in [3.63, 3.8) is 0 Å². The number of nitrogens with one attached hydrogen (secondary N) is 1.